The number of fused-ring (bicyclic) bond motifs is 8. The van der Waals surface area contributed by atoms with Crippen molar-refractivity contribution in [1.82, 2.24) is 0 Å². The van der Waals surface area contributed by atoms with Gasteiger partial charge in [-0.2, -0.15) is 5.26 Å². The molecule has 298 valence electrons. The van der Waals surface area contributed by atoms with E-state index in [-0.39, 0.29) is 5.82 Å². The Morgan fingerprint density at radius 1 is 0.328 bits per heavy atom. The minimum atomic E-state index is -0.295. The van der Waals surface area contributed by atoms with Crippen molar-refractivity contribution < 1.29 is 4.39 Å². The highest BCUT2D eigenvalue weighted by Crippen LogP contribution is 2.49. The van der Waals surface area contributed by atoms with Crippen LogP contribution in [0.5, 0.6) is 0 Å². The Kier molecular flexibility index (Phi) is 8.78. The smallest absolute Gasteiger partial charge is 0.123 e. The second-order valence-electron chi connectivity index (χ2n) is 16.5. The topological polar surface area (TPSA) is 27.0 Å². The molecule has 0 spiro atoms. The van der Waals surface area contributed by atoms with Crippen molar-refractivity contribution in [2.45, 2.75) is 0 Å². The van der Waals surface area contributed by atoms with E-state index in [0.29, 0.717) is 5.56 Å². The molecule has 0 aliphatic rings. The lowest BCUT2D eigenvalue weighted by Gasteiger charge is -2.25. The molecule has 12 aromatic rings. The van der Waals surface area contributed by atoms with Gasteiger partial charge in [-0.05, 0) is 177 Å². The summed E-state index contributed by atoms with van der Waals surface area (Å²) in [6, 6.07) is 80.5. The van der Waals surface area contributed by atoms with Crippen LogP contribution in [-0.4, -0.2) is 0 Å². The van der Waals surface area contributed by atoms with E-state index in [9.17, 15) is 9.65 Å². The average molecular weight is 817 g/mol. The normalized spacial score (nSPS) is 11.5. The zero-order chi connectivity index (χ0) is 42.7. The molecule has 0 heterocycles. The molecule has 12 rings (SSSR count). The number of nitrogens with zero attached hydrogens (tertiary/aromatic N) is 2. The van der Waals surface area contributed by atoms with E-state index in [1.807, 2.05) is 24.3 Å². The molecule has 0 aromatic heterocycles. The molecule has 0 bridgehead atoms. The van der Waals surface area contributed by atoms with Gasteiger partial charge < -0.3 is 4.90 Å². The highest BCUT2D eigenvalue weighted by atomic mass is 19.1. The number of hydrogen-bond donors (Lipinski definition) is 0. The molecule has 2 nitrogen and oxygen atoms in total. The van der Waals surface area contributed by atoms with Gasteiger partial charge in [-0.3, -0.25) is 0 Å². The maximum absolute atomic E-state index is 14.2. The fourth-order valence-corrected chi connectivity index (χ4v) is 9.99. The summed E-state index contributed by atoms with van der Waals surface area (Å²) in [6.45, 7) is 0. The molecule has 0 saturated carbocycles. The molecule has 0 aliphatic carbocycles. The number of anilines is 3. The van der Waals surface area contributed by atoms with Crippen LogP contribution in [0.25, 0.3) is 98.0 Å². The monoisotopic (exact) mass is 816 g/mol. The lowest BCUT2D eigenvalue weighted by atomic mass is 9.81. The van der Waals surface area contributed by atoms with E-state index in [1.54, 1.807) is 12.1 Å². The molecule has 0 aliphatic heterocycles. The van der Waals surface area contributed by atoms with Crippen molar-refractivity contribution in [3.8, 4) is 39.4 Å². The van der Waals surface area contributed by atoms with Crippen LogP contribution in [0.1, 0.15) is 5.56 Å². The first-order valence-electron chi connectivity index (χ1n) is 21.6. The fourth-order valence-electron chi connectivity index (χ4n) is 9.99. The van der Waals surface area contributed by atoms with Crippen LogP contribution >= 0.6 is 0 Å². The van der Waals surface area contributed by atoms with Gasteiger partial charge >= 0.3 is 0 Å². The van der Waals surface area contributed by atoms with Crippen molar-refractivity contribution in [3.63, 3.8) is 0 Å². The van der Waals surface area contributed by atoms with Crippen molar-refractivity contribution in [2.24, 2.45) is 0 Å². The van der Waals surface area contributed by atoms with Crippen LogP contribution in [0.15, 0.2) is 224 Å². The van der Waals surface area contributed by atoms with E-state index in [2.05, 4.69) is 187 Å². The first kappa shape index (κ1) is 37.2. The third kappa shape index (κ3) is 6.08. The Balaban J connectivity index is 1.13. The van der Waals surface area contributed by atoms with E-state index in [4.69, 9.17) is 0 Å². The Morgan fingerprint density at radius 3 is 1.23 bits per heavy atom. The van der Waals surface area contributed by atoms with E-state index in [1.165, 1.54) is 99.0 Å². The predicted octanol–water partition coefficient (Wildman–Crippen LogP) is 17.1. The summed E-state index contributed by atoms with van der Waals surface area (Å²) in [6.07, 6.45) is 0. The molecular weight excluding hydrogens is 780 g/mol. The molecule has 0 unspecified atom stereocenters. The Morgan fingerprint density at radius 2 is 0.719 bits per heavy atom. The van der Waals surface area contributed by atoms with Crippen LogP contribution in [0.3, 0.4) is 0 Å². The Hall–Kier alpha value is -8.58. The first-order chi connectivity index (χ1) is 31.6. The minimum Gasteiger partial charge on any atom is -0.311 e. The van der Waals surface area contributed by atoms with Crippen LogP contribution in [-0.2, 0) is 0 Å². The number of halogens is 1. The number of nitriles is 1. The van der Waals surface area contributed by atoms with Gasteiger partial charge in [-0.15, -0.1) is 0 Å². The molecule has 0 atom stereocenters. The third-order valence-electron chi connectivity index (χ3n) is 12.9. The molecule has 0 saturated heterocycles. The molecule has 64 heavy (non-hydrogen) atoms. The first-order valence-corrected chi connectivity index (χ1v) is 21.6. The summed E-state index contributed by atoms with van der Waals surface area (Å²) in [7, 11) is 0. The van der Waals surface area contributed by atoms with Crippen LogP contribution in [0.2, 0.25) is 0 Å². The van der Waals surface area contributed by atoms with Gasteiger partial charge in [0.05, 0.1) is 11.6 Å². The van der Waals surface area contributed by atoms with Crippen LogP contribution < -0.4 is 4.90 Å². The molecule has 0 radical (unpaired) electrons. The Labute approximate surface area is 369 Å². The molecule has 0 N–H and O–H groups in total. The zero-order valence-corrected chi connectivity index (χ0v) is 34.6. The average Bonchev–Trinajstić information content (AvgIpc) is 3.36. The second-order valence-corrected chi connectivity index (χ2v) is 16.5. The number of hydrogen-bond acceptors (Lipinski definition) is 2. The van der Waals surface area contributed by atoms with Crippen LogP contribution in [0, 0.1) is 17.1 Å². The van der Waals surface area contributed by atoms with Crippen molar-refractivity contribution in [3.05, 3.63) is 236 Å². The SMILES string of the molecule is N#Cc1ccc(N(c2ccc(F)cc2)c2ccc(-c3ccc4c(-c5cc6ccccc6c6ccccc56)c5ccccc5c(-c5cc6ccccc6c6ccccc56)c4c3)cc2)cc1. The predicted molar refractivity (Wildman–Crippen MR) is 267 cm³/mol. The fraction of sp³-hybridized carbons (Fsp3) is 0. The summed E-state index contributed by atoms with van der Waals surface area (Å²) in [4.78, 5) is 2.08. The van der Waals surface area contributed by atoms with E-state index < -0.39 is 0 Å². The van der Waals surface area contributed by atoms with Crippen molar-refractivity contribution in [2.75, 3.05) is 4.90 Å². The highest BCUT2D eigenvalue weighted by Gasteiger charge is 2.22. The van der Waals surface area contributed by atoms with Gasteiger partial charge in [0, 0.05) is 17.1 Å². The molecule has 0 amide bonds. The quantitative estimate of drug-likeness (QED) is 0.123. The largest absolute Gasteiger partial charge is 0.311 e. The number of rotatable bonds is 6. The molecular formula is C61H37FN2. The maximum Gasteiger partial charge on any atom is 0.123 e. The standard InChI is InChI=1S/C61H37FN2/c62-44-26-32-47(33-27-44)64(45-28-21-39(38-63)22-29-45)46-30-23-40(24-31-46)41-25-34-56-59(35-41)61(58-37-43-12-2-4-14-49(43)51-16-6-8-18-53(51)58)55-20-10-9-19-54(55)60(56)57-36-42-11-1-3-13-48(42)50-15-5-7-17-52(50)57/h1-37H. The van der Waals surface area contributed by atoms with Gasteiger partial charge in [0.2, 0.25) is 0 Å². The molecule has 0 fully saturated rings. The summed E-state index contributed by atoms with van der Waals surface area (Å²) < 4.78 is 14.2. The van der Waals surface area contributed by atoms with Gasteiger partial charge in [-0.1, -0.05) is 146 Å². The van der Waals surface area contributed by atoms with Crippen LogP contribution in [0.4, 0.5) is 21.5 Å². The summed E-state index contributed by atoms with van der Waals surface area (Å²) >= 11 is 0. The summed E-state index contributed by atoms with van der Waals surface area (Å²) in [5.74, 6) is -0.295. The van der Waals surface area contributed by atoms with E-state index >= 15 is 0 Å². The maximum atomic E-state index is 14.2. The van der Waals surface area contributed by atoms with Gasteiger partial charge in [0.1, 0.15) is 5.82 Å². The van der Waals surface area contributed by atoms with E-state index in [0.717, 1.165) is 28.2 Å². The van der Waals surface area contributed by atoms with Crippen molar-refractivity contribution >= 4 is 81.7 Å². The second kappa shape index (κ2) is 15.1. The zero-order valence-electron chi connectivity index (χ0n) is 34.6. The number of benzene rings is 12. The lowest BCUT2D eigenvalue weighted by molar-refractivity contribution is 0.628. The van der Waals surface area contributed by atoms with Gasteiger partial charge in [-0.25, -0.2) is 4.39 Å². The van der Waals surface area contributed by atoms with Gasteiger partial charge in [0.15, 0.2) is 0 Å². The summed E-state index contributed by atoms with van der Waals surface area (Å²) in [5.41, 5.74) is 10.2. The molecule has 12 aromatic carbocycles. The lowest BCUT2D eigenvalue weighted by Crippen LogP contribution is -2.09. The summed E-state index contributed by atoms with van der Waals surface area (Å²) in [5, 5.41) is 24.1. The minimum absolute atomic E-state index is 0.295. The molecule has 3 heteroatoms. The third-order valence-corrected chi connectivity index (χ3v) is 12.9. The highest BCUT2D eigenvalue weighted by molar-refractivity contribution is 6.28. The van der Waals surface area contributed by atoms with Crippen molar-refractivity contribution in [1.29, 1.82) is 5.26 Å². The Bertz CT molecular complexity index is 3840. The van der Waals surface area contributed by atoms with Gasteiger partial charge in [0.25, 0.3) is 0 Å².